The van der Waals surface area contributed by atoms with Crippen LogP contribution in [0.3, 0.4) is 0 Å². The van der Waals surface area contributed by atoms with Gasteiger partial charge in [0.15, 0.2) is 10.9 Å². The quantitative estimate of drug-likeness (QED) is 0.562. The maximum atomic E-state index is 12.5. The van der Waals surface area contributed by atoms with Gasteiger partial charge in [0.1, 0.15) is 5.58 Å². The second-order valence-corrected chi connectivity index (χ2v) is 6.92. The number of rotatable bonds is 4. The van der Waals surface area contributed by atoms with Crippen LogP contribution in [0.1, 0.15) is 26.6 Å². The lowest BCUT2D eigenvalue weighted by Crippen LogP contribution is -2.11. The number of hydrogen-bond donors (Lipinski definition) is 1. The molecule has 0 atom stereocenters. The van der Waals surface area contributed by atoms with Crippen LogP contribution in [-0.4, -0.2) is 10.9 Å². The van der Waals surface area contributed by atoms with Gasteiger partial charge in [0, 0.05) is 28.4 Å². The third kappa shape index (κ3) is 3.19. The molecule has 2 heterocycles. The molecule has 2 aromatic carbocycles. The number of carbonyl (C=O) groups excluding carboxylic acids is 1. The molecule has 25 heavy (non-hydrogen) atoms. The zero-order valence-corrected chi connectivity index (χ0v) is 14.5. The summed E-state index contributed by atoms with van der Waals surface area (Å²) in [6.07, 6.45) is 2.61. The summed E-state index contributed by atoms with van der Waals surface area (Å²) in [5, 5.41) is 4.38. The molecule has 0 saturated carbocycles. The second-order valence-electron chi connectivity index (χ2n) is 5.80. The zero-order chi connectivity index (χ0) is 17.2. The van der Waals surface area contributed by atoms with E-state index in [-0.39, 0.29) is 5.91 Å². The lowest BCUT2D eigenvalue weighted by Gasteiger charge is -1.99. The number of benzene rings is 2. The summed E-state index contributed by atoms with van der Waals surface area (Å²) in [4.78, 5) is 17.9. The Morgan fingerprint density at radius 1 is 1.12 bits per heavy atom. The van der Waals surface area contributed by atoms with Gasteiger partial charge in [-0.2, -0.15) is 0 Å². The van der Waals surface area contributed by atoms with Gasteiger partial charge >= 0.3 is 0 Å². The average Bonchev–Trinajstić information content (AvgIpc) is 3.20. The minimum atomic E-state index is -0.269. The van der Waals surface area contributed by atoms with E-state index in [4.69, 9.17) is 4.42 Å². The Hall–Kier alpha value is -2.92. The van der Waals surface area contributed by atoms with E-state index in [2.05, 4.69) is 22.4 Å². The SMILES string of the molecule is Cc1c(C(=O)Nc2ncc(Cc3ccccc3)s2)oc2ccccc12. The summed E-state index contributed by atoms with van der Waals surface area (Å²) in [5.74, 6) is 0.0651. The molecule has 4 rings (SSSR count). The van der Waals surface area contributed by atoms with Crippen LogP contribution in [0.25, 0.3) is 11.0 Å². The monoisotopic (exact) mass is 348 g/mol. The molecule has 0 spiro atoms. The van der Waals surface area contributed by atoms with Crippen molar-refractivity contribution in [3.05, 3.63) is 82.6 Å². The van der Waals surface area contributed by atoms with Crippen molar-refractivity contribution in [3.63, 3.8) is 0 Å². The van der Waals surface area contributed by atoms with Crippen LogP contribution in [0, 0.1) is 6.92 Å². The van der Waals surface area contributed by atoms with Gasteiger partial charge in [-0.15, -0.1) is 11.3 Å². The molecule has 1 amide bonds. The van der Waals surface area contributed by atoms with E-state index >= 15 is 0 Å². The van der Waals surface area contributed by atoms with Gasteiger partial charge in [0.2, 0.25) is 0 Å². The molecular weight excluding hydrogens is 332 g/mol. The number of hydrogen-bond acceptors (Lipinski definition) is 4. The zero-order valence-electron chi connectivity index (χ0n) is 13.7. The summed E-state index contributed by atoms with van der Waals surface area (Å²) >= 11 is 1.48. The van der Waals surface area contributed by atoms with Crippen LogP contribution >= 0.6 is 11.3 Å². The predicted octanol–water partition coefficient (Wildman–Crippen LogP) is 5.04. The van der Waals surface area contributed by atoms with Crippen LogP contribution in [0.5, 0.6) is 0 Å². The van der Waals surface area contributed by atoms with E-state index in [1.807, 2.05) is 49.4 Å². The number of fused-ring (bicyclic) bond motifs is 1. The maximum absolute atomic E-state index is 12.5. The molecule has 0 saturated heterocycles. The van der Waals surface area contributed by atoms with Crippen molar-refractivity contribution >= 4 is 33.3 Å². The number of thiazole rings is 1. The number of furan rings is 1. The normalized spacial score (nSPS) is 10.9. The van der Waals surface area contributed by atoms with Crippen LogP contribution in [0.2, 0.25) is 0 Å². The highest BCUT2D eigenvalue weighted by atomic mass is 32.1. The Morgan fingerprint density at radius 2 is 1.88 bits per heavy atom. The van der Waals surface area contributed by atoms with Crippen molar-refractivity contribution in [2.24, 2.45) is 0 Å². The smallest absolute Gasteiger partial charge is 0.293 e. The number of amides is 1. The number of carbonyl (C=O) groups is 1. The Bertz CT molecular complexity index is 1030. The van der Waals surface area contributed by atoms with Crippen molar-refractivity contribution < 1.29 is 9.21 Å². The Labute approximate surface area is 149 Å². The van der Waals surface area contributed by atoms with Crippen molar-refractivity contribution in [1.82, 2.24) is 4.98 Å². The number of aryl methyl sites for hydroxylation is 1. The topological polar surface area (TPSA) is 55.1 Å². The van der Waals surface area contributed by atoms with Gasteiger partial charge in [-0.3, -0.25) is 10.1 Å². The fraction of sp³-hybridized carbons (Fsp3) is 0.100. The molecular formula is C20H16N2O2S. The molecule has 4 nitrogen and oxygen atoms in total. The van der Waals surface area contributed by atoms with Crippen LogP contribution < -0.4 is 5.32 Å². The third-order valence-corrected chi connectivity index (χ3v) is 4.96. The first-order valence-corrected chi connectivity index (χ1v) is 8.80. The first-order chi connectivity index (χ1) is 12.2. The van der Waals surface area contributed by atoms with Crippen molar-refractivity contribution in [2.45, 2.75) is 13.3 Å². The summed E-state index contributed by atoms with van der Waals surface area (Å²) in [6, 6.07) is 17.8. The number of aromatic nitrogens is 1. The van der Waals surface area contributed by atoms with Crippen molar-refractivity contribution in [1.29, 1.82) is 0 Å². The highest BCUT2D eigenvalue weighted by Crippen LogP contribution is 2.27. The van der Waals surface area contributed by atoms with E-state index in [1.165, 1.54) is 16.9 Å². The molecule has 0 fully saturated rings. The highest BCUT2D eigenvalue weighted by molar-refractivity contribution is 7.15. The standard InChI is InChI=1S/C20H16N2O2S/c1-13-16-9-5-6-10-17(16)24-18(13)19(23)22-20-21-12-15(25-20)11-14-7-3-2-4-8-14/h2-10,12H,11H2,1H3,(H,21,22,23). The fourth-order valence-corrected chi connectivity index (χ4v) is 3.63. The van der Waals surface area contributed by atoms with Crippen LogP contribution in [-0.2, 0) is 6.42 Å². The minimum Gasteiger partial charge on any atom is -0.451 e. The third-order valence-electron chi connectivity index (χ3n) is 4.05. The molecule has 2 aromatic heterocycles. The predicted molar refractivity (Wildman–Crippen MR) is 100 cm³/mol. The second kappa shape index (κ2) is 6.53. The van der Waals surface area contributed by atoms with Gasteiger partial charge in [0.05, 0.1) is 0 Å². The molecule has 0 radical (unpaired) electrons. The summed E-state index contributed by atoms with van der Waals surface area (Å²) in [7, 11) is 0. The van der Waals surface area contributed by atoms with E-state index < -0.39 is 0 Å². The molecule has 124 valence electrons. The number of nitrogens with one attached hydrogen (secondary N) is 1. The van der Waals surface area contributed by atoms with Gasteiger partial charge in [-0.05, 0) is 18.6 Å². The Morgan fingerprint density at radius 3 is 2.68 bits per heavy atom. The first-order valence-electron chi connectivity index (χ1n) is 7.99. The molecule has 0 aliphatic heterocycles. The molecule has 0 aliphatic carbocycles. The van der Waals surface area contributed by atoms with Crippen LogP contribution in [0.15, 0.2) is 65.2 Å². The van der Waals surface area contributed by atoms with Gasteiger partial charge in [-0.25, -0.2) is 4.98 Å². The van der Waals surface area contributed by atoms with Crippen LogP contribution in [0.4, 0.5) is 5.13 Å². The maximum Gasteiger partial charge on any atom is 0.293 e. The van der Waals surface area contributed by atoms with Gasteiger partial charge < -0.3 is 4.42 Å². The number of nitrogens with zero attached hydrogens (tertiary/aromatic N) is 1. The molecule has 0 unspecified atom stereocenters. The first kappa shape index (κ1) is 15.6. The summed E-state index contributed by atoms with van der Waals surface area (Å²) in [5.41, 5.74) is 2.78. The van der Waals surface area contributed by atoms with Crippen molar-refractivity contribution in [2.75, 3.05) is 5.32 Å². The van der Waals surface area contributed by atoms with E-state index in [1.54, 1.807) is 6.20 Å². The molecule has 5 heteroatoms. The lowest BCUT2D eigenvalue weighted by molar-refractivity contribution is 0.0998. The van der Waals surface area contributed by atoms with Gasteiger partial charge in [-0.1, -0.05) is 48.5 Å². The molecule has 1 N–H and O–H groups in total. The molecule has 0 aliphatic rings. The Kier molecular flexibility index (Phi) is 4.07. The van der Waals surface area contributed by atoms with E-state index in [0.29, 0.717) is 16.5 Å². The largest absolute Gasteiger partial charge is 0.451 e. The van der Waals surface area contributed by atoms with E-state index in [9.17, 15) is 4.79 Å². The fourth-order valence-electron chi connectivity index (χ4n) is 2.79. The Balaban J connectivity index is 1.52. The summed E-state index contributed by atoms with van der Waals surface area (Å²) < 4.78 is 5.70. The average molecular weight is 348 g/mol. The van der Waals surface area contributed by atoms with E-state index in [0.717, 1.165) is 22.2 Å². The summed E-state index contributed by atoms with van der Waals surface area (Å²) in [6.45, 7) is 1.89. The number of para-hydroxylation sites is 1. The highest BCUT2D eigenvalue weighted by Gasteiger charge is 2.18. The number of anilines is 1. The molecule has 0 bridgehead atoms. The minimum absolute atomic E-state index is 0.269. The molecule has 4 aromatic rings. The lowest BCUT2D eigenvalue weighted by atomic mass is 10.1. The van der Waals surface area contributed by atoms with Gasteiger partial charge in [0.25, 0.3) is 5.91 Å². The van der Waals surface area contributed by atoms with Crippen molar-refractivity contribution in [3.8, 4) is 0 Å².